The predicted octanol–water partition coefficient (Wildman–Crippen LogP) is 4.13. The van der Waals surface area contributed by atoms with Gasteiger partial charge < -0.3 is 14.8 Å². The molecular formula is C23H20ClN3O4. The van der Waals surface area contributed by atoms with Crippen LogP contribution in [0.4, 0.5) is 5.69 Å². The second-order valence-corrected chi connectivity index (χ2v) is 6.78. The summed E-state index contributed by atoms with van der Waals surface area (Å²) in [6, 6.07) is 20.5. The molecule has 0 aliphatic carbocycles. The summed E-state index contributed by atoms with van der Waals surface area (Å²) in [6.45, 7) is -0.141. The molecular weight excluding hydrogens is 418 g/mol. The van der Waals surface area contributed by atoms with Gasteiger partial charge in [0.25, 0.3) is 11.8 Å². The summed E-state index contributed by atoms with van der Waals surface area (Å²) in [5.74, 6) is 0.573. The van der Waals surface area contributed by atoms with Gasteiger partial charge in [-0.25, -0.2) is 5.43 Å². The van der Waals surface area contributed by atoms with E-state index in [9.17, 15) is 9.59 Å². The second-order valence-electron chi connectivity index (χ2n) is 6.34. The molecule has 0 fully saturated rings. The van der Waals surface area contributed by atoms with Crippen molar-refractivity contribution in [3.63, 3.8) is 0 Å². The highest BCUT2D eigenvalue weighted by Crippen LogP contribution is 2.15. The molecule has 0 saturated heterocycles. The van der Waals surface area contributed by atoms with Gasteiger partial charge in [-0.05, 0) is 72.3 Å². The molecule has 0 atom stereocenters. The normalized spacial score (nSPS) is 10.5. The molecule has 158 valence electrons. The van der Waals surface area contributed by atoms with Crippen molar-refractivity contribution in [3.8, 4) is 11.5 Å². The number of hydrogen-bond donors (Lipinski definition) is 2. The number of nitrogens with one attached hydrogen (secondary N) is 2. The Labute approximate surface area is 184 Å². The maximum absolute atomic E-state index is 12.1. The van der Waals surface area contributed by atoms with Gasteiger partial charge in [-0.2, -0.15) is 5.10 Å². The SMILES string of the molecule is COc1ccc(C(=O)N/N=C\c2ccc(OCC(=O)Nc3cccc(Cl)c3)cc2)cc1. The molecule has 31 heavy (non-hydrogen) atoms. The van der Waals surface area contributed by atoms with E-state index in [1.165, 1.54) is 6.21 Å². The monoisotopic (exact) mass is 437 g/mol. The molecule has 2 amide bonds. The Morgan fingerprint density at radius 1 is 1.00 bits per heavy atom. The van der Waals surface area contributed by atoms with Crippen LogP contribution in [0.5, 0.6) is 11.5 Å². The van der Waals surface area contributed by atoms with Crippen LogP contribution < -0.4 is 20.2 Å². The van der Waals surface area contributed by atoms with E-state index in [0.717, 1.165) is 5.56 Å². The summed E-state index contributed by atoms with van der Waals surface area (Å²) in [7, 11) is 1.56. The number of hydrogen-bond acceptors (Lipinski definition) is 5. The van der Waals surface area contributed by atoms with E-state index in [-0.39, 0.29) is 18.4 Å². The van der Waals surface area contributed by atoms with E-state index in [2.05, 4.69) is 15.8 Å². The van der Waals surface area contributed by atoms with Gasteiger partial charge in [0, 0.05) is 16.3 Å². The minimum Gasteiger partial charge on any atom is -0.497 e. The number of methoxy groups -OCH3 is 1. The highest BCUT2D eigenvalue weighted by molar-refractivity contribution is 6.30. The van der Waals surface area contributed by atoms with Crippen molar-refractivity contribution in [2.75, 3.05) is 19.0 Å². The predicted molar refractivity (Wildman–Crippen MR) is 120 cm³/mol. The molecule has 2 N–H and O–H groups in total. The molecule has 3 aromatic rings. The molecule has 0 aromatic heterocycles. The molecule has 0 heterocycles. The first-order valence-corrected chi connectivity index (χ1v) is 9.67. The lowest BCUT2D eigenvalue weighted by atomic mass is 10.2. The molecule has 3 aromatic carbocycles. The van der Waals surface area contributed by atoms with Crippen LogP contribution >= 0.6 is 11.6 Å². The van der Waals surface area contributed by atoms with Gasteiger partial charge >= 0.3 is 0 Å². The summed E-state index contributed by atoms with van der Waals surface area (Å²) in [4.78, 5) is 24.0. The Bertz CT molecular complexity index is 1070. The Kier molecular flexibility index (Phi) is 7.61. The third kappa shape index (κ3) is 6.87. The van der Waals surface area contributed by atoms with Crippen LogP contribution in [0.25, 0.3) is 0 Å². The summed E-state index contributed by atoms with van der Waals surface area (Å²) >= 11 is 5.89. The van der Waals surface area contributed by atoms with Crippen molar-refractivity contribution in [2.24, 2.45) is 5.10 Å². The lowest BCUT2D eigenvalue weighted by molar-refractivity contribution is -0.118. The Hall–Kier alpha value is -3.84. The van der Waals surface area contributed by atoms with E-state index in [1.807, 2.05) is 0 Å². The Morgan fingerprint density at radius 3 is 2.39 bits per heavy atom. The first-order valence-electron chi connectivity index (χ1n) is 9.29. The van der Waals surface area contributed by atoms with Crippen molar-refractivity contribution in [2.45, 2.75) is 0 Å². The molecule has 0 bridgehead atoms. The quantitative estimate of drug-likeness (QED) is 0.409. The Morgan fingerprint density at radius 2 is 1.71 bits per heavy atom. The number of carbonyl (C=O) groups excluding carboxylic acids is 2. The van der Waals surface area contributed by atoms with Crippen LogP contribution in [0, 0.1) is 0 Å². The standard InChI is InChI=1S/C23H20ClN3O4/c1-30-20-11-7-17(8-12-20)23(29)27-25-14-16-5-9-21(10-6-16)31-15-22(28)26-19-4-2-3-18(24)13-19/h2-14H,15H2,1H3,(H,26,28)(H,27,29)/b25-14-. The van der Waals surface area contributed by atoms with E-state index >= 15 is 0 Å². The van der Waals surface area contributed by atoms with Crippen molar-refractivity contribution in [3.05, 3.63) is 88.9 Å². The van der Waals surface area contributed by atoms with Crippen LogP contribution in [-0.4, -0.2) is 31.7 Å². The zero-order valence-corrected chi connectivity index (χ0v) is 17.4. The average Bonchev–Trinajstić information content (AvgIpc) is 2.78. The maximum Gasteiger partial charge on any atom is 0.271 e. The molecule has 7 nitrogen and oxygen atoms in total. The van der Waals surface area contributed by atoms with Crippen LogP contribution in [0.3, 0.4) is 0 Å². The van der Waals surface area contributed by atoms with Gasteiger partial charge in [0.15, 0.2) is 6.61 Å². The molecule has 0 aliphatic heterocycles. The first-order chi connectivity index (χ1) is 15.0. The fraction of sp³-hybridized carbons (Fsp3) is 0.0870. The minimum atomic E-state index is -0.329. The number of rotatable bonds is 8. The largest absolute Gasteiger partial charge is 0.497 e. The van der Waals surface area contributed by atoms with Crippen LogP contribution in [-0.2, 0) is 4.79 Å². The van der Waals surface area contributed by atoms with E-state index in [4.69, 9.17) is 21.1 Å². The zero-order valence-electron chi connectivity index (χ0n) is 16.7. The zero-order chi connectivity index (χ0) is 22.1. The lowest BCUT2D eigenvalue weighted by Gasteiger charge is -2.08. The van der Waals surface area contributed by atoms with Gasteiger partial charge in [-0.1, -0.05) is 17.7 Å². The number of amides is 2. The topological polar surface area (TPSA) is 89.0 Å². The summed E-state index contributed by atoms with van der Waals surface area (Å²) < 4.78 is 10.5. The van der Waals surface area contributed by atoms with Crippen molar-refractivity contribution >= 4 is 35.3 Å². The van der Waals surface area contributed by atoms with Crippen LogP contribution in [0.2, 0.25) is 5.02 Å². The third-order valence-corrected chi connectivity index (χ3v) is 4.33. The fourth-order valence-electron chi connectivity index (χ4n) is 2.53. The smallest absolute Gasteiger partial charge is 0.271 e. The lowest BCUT2D eigenvalue weighted by Crippen LogP contribution is -2.20. The molecule has 0 spiro atoms. The molecule has 3 rings (SSSR count). The van der Waals surface area contributed by atoms with Crippen molar-refractivity contribution < 1.29 is 19.1 Å². The first kappa shape index (κ1) is 21.9. The summed E-state index contributed by atoms with van der Waals surface area (Å²) in [5.41, 5.74) is 4.29. The van der Waals surface area contributed by atoms with Gasteiger partial charge in [0.1, 0.15) is 11.5 Å². The Balaban J connectivity index is 1.45. The number of ether oxygens (including phenoxy) is 2. The number of hydrazone groups is 1. The average molecular weight is 438 g/mol. The summed E-state index contributed by atoms with van der Waals surface area (Å²) in [6.07, 6.45) is 1.51. The van der Waals surface area contributed by atoms with E-state index in [0.29, 0.717) is 27.8 Å². The fourth-order valence-corrected chi connectivity index (χ4v) is 2.72. The highest BCUT2D eigenvalue weighted by atomic mass is 35.5. The van der Waals surface area contributed by atoms with Gasteiger partial charge in [0.05, 0.1) is 13.3 Å². The van der Waals surface area contributed by atoms with Crippen molar-refractivity contribution in [1.82, 2.24) is 5.43 Å². The minimum absolute atomic E-state index is 0.141. The van der Waals surface area contributed by atoms with Crippen LogP contribution in [0.15, 0.2) is 77.9 Å². The molecule has 0 unspecified atom stereocenters. The second kappa shape index (κ2) is 10.8. The van der Waals surface area contributed by atoms with Gasteiger partial charge in [-0.15, -0.1) is 0 Å². The van der Waals surface area contributed by atoms with Crippen molar-refractivity contribution in [1.29, 1.82) is 0 Å². The number of carbonyl (C=O) groups is 2. The van der Waals surface area contributed by atoms with E-state index in [1.54, 1.807) is 79.9 Å². The number of nitrogens with zero attached hydrogens (tertiary/aromatic N) is 1. The molecule has 0 saturated carbocycles. The van der Waals surface area contributed by atoms with Gasteiger partial charge in [0.2, 0.25) is 0 Å². The third-order valence-electron chi connectivity index (χ3n) is 4.09. The number of anilines is 1. The number of benzene rings is 3. The van der Waals surface area contributed by atoms with Crippen LogP contribution in [0.1, 0.15) is 15.9 Å². The molecule has 0 aliphatic rings. The highest BCUT2D eigenvalue weighted by Gasteiger charge is 2.05. The number of halogens is 1. The molecule has 0 radical (unpaired) electrons. The maximum atomic E-state index is 12.1. The van der Waals surface area contributed by atoms with Gasteiger partial charge in [-0.3, -0.25) is 9.59 Å². The summed E-state index contributed by atoms with van der Waals surface area (Å²) in [5, 5.41) is 7.19. The van der Waals surface area contributed by atoms with E-state index < -0.39 is 0 Å². The molecule has 8 heteroatoms.